The Hall–Kier alpha value is -0.540. The van der Waals surface area contributed by atoms with E-state index in [0.29, 0.717) is 0 Å². The van der Waals surface area contributed by atoms with E-state index in [1.165, 1.54) is 6.07 Å². The second-order valence-corrected chi connectivity index (χ2v) is 5.13. The number of rotatable bonds is 6. The quantitative estimate of drug-likeness (QED) is 0.821. The van der Waals surface area contributed by atoms with Crippen molar-refractivity contribution in [3.05, 3.63) is 35.6 Å². The van der Waals surface area contributed by atoms with Crippen LogP contribution in [0.3, 0.4) is 0 Å². The molecule has 0 heterocycles. The molecule has 0 radical (unpaired) electrons. The van der Waals surface area contributed by atoms with Gasteiger partial charge in [-0.1, -0.05) is 32.0 Å². The van der Waals surface area contributed by atoms with Crippen LogP contribution in [0.15, 0.2) is 24.3 Å². The number of nitrogens with two attached hydrogens (primary N) is 1. The van der Waals surface area contributed by atoms with Crippen molar-refractivity contribution in [2.45, 2.75) is 38.0 Å². The van der Waals surface area contributed by atoms with Gasteiger partial charge in [-0.2, -0.15) is 11.8 Å². The first kappa shape index (κ1) is 13.5. The Balaban J connectivity index is 2.87. The van der Waals surface area contributed by atoms with Crippen molar-refractivity contribution in [1.82, 2.24) is 0 Å². The van der Waals surface area contributed by atoms with E-state index in [0.717, 1.165) is 24.2 Å². The van der Waals surface area contributed by atoms with Crippen LogP contribution in [0.1, 0.15) is 37.5 Å². The first-order chi connectivity index (χ1) is 7.70. The molecule has 2 N–H and O–H groups in total. The monoisotopic (exact) mass is 241 g/mol. The Bertz CT molecular complexity index is 317. The third-order valence-corrected chi connectivity index (χ3v) is 4.18. The highest BCUT2D eigenvalue weighted by molar-refractivity contribution is 7.99. The SMILES string of the molecule is CCCSC(c1ccccc1F)C(N)CC. The molecule has 1 aromatic carbocycles. The normalized spacial score (nSPS) is 14.8. The van der Waals surface area contributed by atoms with Gasteiger partial charge in [0, 0.05) is 16.9 Å². The van der Waals surface area contributed by atoms with E-state index in [4.69, 9.17) is 5.73 Å². The van der Waals surface area contributed by atoms with E-state index in [9.17, 15) is 4.39 Å². The van der Waals surface area contributed by atoms with Gasteiger partial charge in [-0.05, 0) is 24.7 Å². The van der Waals surface area contributed by atoms with E-state index in [-0.39, 0.29) is 17.1 Å². The molecule has 0 saturated carbocycles. The summed E-state index contributed by atoms with van der Waals surface area (Å²) in [4.78, 5) is 0. The summed E-state index contributed by atoms with van der Waals surface area (Å²) in [6.07, 6.45) is 1.96. The summed E-state index contributed by atoms with van der Waals surface area (Å²) in [5.74, 6) is 0.882. The molecular formula is C13H20FNS. The van der Waals surface area contributed by atoms with Gasteiger partial charge in [0.2, 0.25) is 0 Å². The Labute approximate surface area is 102 Å². The van der Waals surface area contributed by atoms with Gasteiger partial charge in [-0.3, -0.25) is 0 Å². The number of benzene rings is 1. The van der Waals surface area contributed by atoms with Gasteiger partial charge in [0.05, 0.1) is 0 Å². The van der Waals surface area contributed by atoms with Crippen molar-refractivity contribution >= 4 is 11.8 Å². The lowest BCUT2D eigenvalue weighted by molar-refractivity contribution is 0.572. The second-order valence-electron chi connectivity index (χ2n) is 3.89. The highest BCUT2D eigenvalue weighted by Crippen LogP contribution is 2.34. The van der Waals surface area contributed by atoms with Gasteiger partial charge in [-0.15, -0.1) is 0 Å². The fourth-order valence-electron chi connectivity index (χ4n) is 1.61. The summed E-state index contributed by atoms with van der Waals surface area (Å²) in [6.45, 7) is 4.17. The maximum atomic E-state index is 13.7. The molecule has 0 bridgehead atoms. The van der Waals surface area contributed by atoms with Crippen LogP contribution in [0, 0.1) is 5.82 Å². The van der Waals surface area contributed by atoms with Crippen molar-refractivity contribution in [3.8, 4) is 0 Å². The predicted octanol–water partition coefficient (Wildman–Crippen LogP) is 3.75. The molecule has 2 unspecified atom stereocenters. The third-order valence-electron chi connectivity index (χ3n) is 2.57. The molecule has 1 rings (SSSR count). The first-order valence-corrected chi connectivity index (χ1v) is 6.87. The lowest BCUT2D eigenvalue weighted by Gasteiger charge is -2.23. The molecule has 0 aliphatic heterocycles. The predicted molar refractivity (Wildman–Crippen MR) is 70.2 cm³/mol. The molecule has 3 heteroatoms. The average Bonchev–Trinajstić information content (AvgIpc) is 2.31. The zero-order chi connectivity index (χ0) is 12.0. The number of halogens is 1. The fourth-order valence-corrected chi connectivity index (χ4v) is 2.91. The second kappa shape index (κ2) is 6.92. The smallest absolute Gasteiger partial charge is 0.127 e. The molecule has 2 atom stereocenters. The van der Waals surface area contributed by atoms with Gasteiger partial charge in [0.25, 0.3) is 0 Å². The molecular weight excluding hydrogens is 221 g/mol. The highest BCUT2D eigenvalue weighted by atomic mass is 32.2. The number of hydrogen-bond acceptors (Lipinski definition) is 2. The minimum absolute atomic E-state index is 0.0217. The summed E-state index contributed by atoms with van der Waals surface area (Å²) in [7, 11) is 0. The van der Waals surface area contributed by atoms with E-state index in [1.807, 2.05) is 19.1 Å². The zero-order valence-corrected chi connectivity index (χ0v) is 10.8. The average molecular weight is 241 g/mol. The molecule has 1 nitrogen and oxygen atoms in total. The molecule has 0 aliphatic rings. The van der Waals surface area contributed by atoms with Crippen LogP contribution in [-0.2, 0) is 0 Å². The van der Waals surface area contributed by atoms with E-state index < -0.39 is 0 Å². The van der Waals surface area contributed by atoms with Crippen LogP contribution < -0.4 is 5.73 Å². The van der Waals surface area contributed by atoms with Crippen molar-refractivity contribution in [1.29, 1.82) is 0 Å². The minimum atomic E-state index is -0.139. The maximum absolute atomic E-state index is 13.7. The van der Waals surface area contributed by atoms with Crippen LogP contribution in [0.25, 0.3) is 0 Å². The van der Waals surface area contributed by atoms with Gasteiger partial charge < -0.3 is 5.73 Å². The Kier molecular flexibility index (Phi) is 5.85. The van der Waals surface area contributed by atoms with Crippen molar-refractivity contribution in [2.75, 3.05) is 5.75 Å². The Morgan fingerprint density at radius 1 is 1.31 bits per heavy atom. The highest BCUT2D eigenvalue weighted by Gasteiger charge is 2.21. The summed E-state index contributed by atoms with van der Waals surface area (Å²) < 4.78 is 13.7. The fraction of sp³-hybridized carbons (Fsp3) is 0.538. The number of thioether (sulfide) groups is 1. The molecule has 90 valence electrons. The van der Waals surface area contributed by atoms with Crippen LogP contribution >= 0.6 is 11.8 Å². The third kappa shape index (κ3) is 3.49. The van der Waals surface area contributed by atoms with Crippen LogP contribution in [-0.4, -0.2) is 11.8 Å². The van der Waals surface area contributed by atoms with E-state index in [2.05, 4.69) is 6.92 Å². The van der Waals surface area contributed by atoms with E-state index in [1.54, 1.807) is 17.8 Å². The Morgan fingerprint density at radius 2 is 2.00 bits per heavy atom. The van der Waals surface area contributed by atoms with Crippen LogP contribution in [0.4, 0.5) is 4.39 Å². The molecule has 0 spiro atoms. The molecule has 16 heavy (non-hydrogen) atoms. The molecule has 0 fully saturated rings. The van der Waals surface area contributed by atoms with E-state index >= 15 is 0 Å². The van der Waals surface area contributed by atoms with Crippen LogP contribution in [0.2, 0.25) is 0 Å². The molecule has 0 saturated heterocycles. The zero-order valence-electron chi connectivity index (χ0n) is 9.95. The lowest BCUT2D eigenvalue weighted by atomic mass is 10.0. The van der Waals surface area contributed by atoms with Crippen molar-refractivity contribution < 1.29 is 4.39 Å². The topological polar surface area (TPSA) is 26.0 Å². The largest absolute Gasteiger partial charge is 0.326 e. The summed E-state index contributed by atoms with van der Waals surface area (Å²) in [5, 5.41) is 0.0751. The van der Waals surface area contributed by atoms with Gasteiger partial charge in [0.1, 0.15) is 5.82 Å². The molecule has 0 aromatic heterocycles. The minimum Gasteiger partial charge on any atom is -0.326 e. The lowest BCUT2D eigenvalue weighted by Crippen LogP contribution is -2.26. The van der Waals surface area contributed by atoms with Crippen molar-refractivity contribution in [2.24, 2.45) is 5.73 Å². The summed E-state index contributed by atoms with van der Waals surface area (Å²) in [5.41, 5.74) is 6.82. The molecule has 0 amide bonds. The first-order valence-electron chi connectivity index (χ1n) is 5.82. The summed E-state index contributed by atoms with van der Waals surface area (Å²) in [6, 6.07) is 6.97. The van der Waals surface area contributed by atoms with Gasteiger partial charge >= 0.3 is 0 Å². The summed E-state index contributed by atoms with van der Waals surface area (Å²) >= 11 is 1.76. The maximum Gasteiger partial charge on any atom is 0.127 e. The van der Waals surface area contributed by atoms with Crippen LogP contribution in [0.5, 0.6) is 0 Å². The number of hydrogen-bond donors (Lipinski definition) is 1. The Morgan fingerprint density at radius 3 is 2.56 bits per heavy atom. The molecule has 0 aliphatic carbocycles. The molecule has 1 aromatic rings. The van der Waals surface area contributed by atoms with Gasteiger partial charge in [-0.25, -0.2) is 4.39 Å². The van der Waals surface area contributed by atoms with Gasteiger partial charge in [0.15, 0.2) is 0 Å². The standard InChI is InChI=1S/C13H20FNS/c1-3-9-16-13(12(15)4-2)10-7-5-6-8-11(10)14/h5-8,12-13H,3-4,9,15H2,1-2H3. The van der Waals surface area contributed by atoms with Crippen molar-refractivity contribution in [3.63, 3.8) is 0 Å².